The minimum atomic E-state index is -0.380. The summed E-state index contributed by atoms with van der Waals surface area (Å²) in [6.07, 6.45) is 4.04. The lowest BCUT2D eigenvalue weighted by atomic mass is 9.94. The van der Waals surface area contributed by atoms with Crippen LogP contribution in [-0.2, 0) is 16.0 Å². The number of halogens is 1. The molecule has 5 rings (SSSR count). The van der Waals surface area contributed by atoms with Crippen molar-refractivity contribution >= 4 is 5.78 Å². The lowest BCUT2D eigenvalue weighted by Crippen LogP contribution is -2.15. The third-order valence-electron chi connectivity index (χ3n) is 6.86. The fourth-order valence-electron chi connectivity index (χ4n) is 5.10. The predicted octanol–water partition coefficient (Wildman–Crippen LogP) is 6.21. The summed E-state index contributed by atoms with van der Waals surface area (Å²) in [4.78, 5) is 16.2. The molecule has 2 heterocycles. The number of nitrogens with zero attached hydrogens (tertiary/aromatic N) is 1. The van der Waals surface area contributed by atoms with Crippen molar-refractivity contribution in [1.29, 1.82) is 0 Å². The molecule has 0 saturated carbocycles. The van der Waals surface area contributed by atoms with E-state index in [0.717, 1.165) is 35.4 Å². The Morgan fingerprint density at radius 2 is 1.92 bits per heavy atom. The summed E-state index contributed by atoms with van der Waals surface area (Å²) >= 11 is 0. The van der Waals surface area contributed by atoms with Crippen LogP contribution in [0.2, 0.25) is 0 Å². The summed E-state index contributed by atoms with van der Waals surface area (Å²) in [7, 11) is 0. The van der Waals surface area contributed by atoms with E-state index in [1.54, 1.807) is 26.1 Å². The fraction of sp³-hybridized carbons (Fsp3) is 0.355. The molecular formula is C31H30FNO4. The van der Waals surface area contributed by atoms with E-state index in [4.69, 9.17) is 14.2 Å². The van der Waals surface area contributed by atoms with Gasteiger partial charge in [0.05, 0.1) is 31.0 Å². The first-order valence-corrected chi connectivity index (χ1v) is 12.7. The number of ketones is 1. The maximum atomic E-state index is 15.0. The van der Waals surface area contributed by atoms with Gasteiger partial charge in [-0.1, -0.05) is 18.1 Å². The molecule has 5 nitrogen and oxygen atoms in total. The summed E-state index contributed by atoms with van der Waals surface area (Å²) in [6.45, 7) is 4.67. The number of pyridine rings is 1. The van der Waals surface area contributed by atoms with E-state index < -0.39 is 0 Å². The van der Waals surface area contributed by atoms with Gasteiger partial charge in [0.15, 0.2) is 0 Å². The average Bonchev–Trinajstić information content (AvgIpc) is 3.56. The number of Topliss-reactive ketones (excluding diaryl/α,β-unsaturated/α-hetero) is 1. The molecule has 0 N–H and O–H groups in total. The van der Waals surface area contributed by atoms with Crippen molar-refractivity contribution in [2.24, 2.45) is 0 Å². The van der Waals surface area contributed by atoms with Crippen molar-refractivity contribution in [3.8, 4) is 34.6 Å². The Labute approximate surface area is 217 Å². The van der Waals surface area contributed by atoms with E-state index in [1.807, 2.05) is 36.4 Å². The van der Waals surface area contributed by atoms with Crippen LogP contribution in [0.3, 0.4) is 0 Å². The SMILES string of the molecule is CC#C[C@@H](CC(C)=O)c1ccc(O[C@@H]2CCc3c(-c4ccc(OC5CCOC5)cn4)ccc(F)c32)cc1. The molecule has 0 spiro atoms. The Hall–Kier alpha value is -3.69. The molecular weight excluding hydrogens is 469 g/mol. The van der Waals surface area contributed by atoms with Gasteiger partial charge in [-0.25, -0.2) is 4.39 Å². The lowest BCUT2D eigenvalue weighted by Gasteiger charge is -2.17. The van der Waals surface area contributed by atoms with Crippen LogP contribution < -0.4 is 9.47 Å². The Morgan fingerprint density at radius 1 is 1.11 bits per heavy atom. The fourth-order valence-corrected chi connectivity index (χ4v) is 5.10. The molecule has 37 heavy (non-hydrogen) atoms. The van der Waals surface area contributed by atoms with Crippen LogP contribution in [0.4, 0.5) is 4.39 Å². The van der Waals surface area contributed by atoms with E-state index in [2.05, 4.69) is 16.8 Å². The van der Waals surface area contributed by atoms with Crippen molar-refractivity contribution in [2.45, 2.75) is 57.7 Å². The number of aromatic nitrogens is 1. The number of rotatable bonds is 8. The zero-order valence-corrected chi connectivity index (χ0v) is 21.1. The summed E-state index contributed by atoms with van der Waals surface area (Å²) in [5, 5.41) is 0. The summed E-state index contributed by atoms with van der Waals surface area (Å²) in [6, 6.07) is 14.7. The molecule has 1 fully saturated rings. The number of hydrogen-bond acceptors (Lipinski definition) is 5. The van der Waals surface area contributed by atoms with Crippen LogP contribution in [0.25, 0.3) is 11.3 Å². The monoisotopic (exact) mass is 499 g/mol. The first kappa shape index (κ1) is 25.0. The molecule has 3 atom stereocenters. The van der Waals surface area contributed by atoms with Gasteiger partial charge < -0.3 is 14.2 Å². The zero-order valence-electron chi connectivity index (χ0n) is 21.1. The van der Waals surface area contributed by atoms with Gasteiger partial charge in [0.1, 0.15) is 35.3 Å². The molecule has 3 aromatic rings. The minimum Gasteiger partial charge on any atom is -0.486 e. The zero-order chi connectivity index (χ0) is 25.8. The second-order valence-electron chi connectivity index (χ2n) is 9.54. The highest BCUT2D eigenvalue weighted by molar-refractivity contribution is 5.77. The highest BCUT2D eigenvalue weighted by atomic mass is 19.1. The summed E-state index contributed by atoms with van der Waals surface area (Å²) in [5.41, 5.74) is 4.20. The molecule has 1 unspecified atom stereocenters. The molecule has 2 aromatic carbocycles. The molecule has 1 aromatic heterocycles. The Bertz CT molecular complexity index is 1320. The van der Waals surface area contributed by atoms with E-state index in [0.29, 0.717) is 42.9 Å². The van der Waals surface area contributed by atoms with Crippen molar-refractivity contribution in [3.05, 3.63) is 77.2 Å². The Balaban J connectivity index is 1.33. The van der Waals surface area contributed by atoms with Crippen molar-refractivity contribution < 1.29 is 23.4 Å². The van der Waals surface area contributed by atoms with E-state index >= 15 is 4.39 Å². The number of hydrogen-bond donors (Lipinski definition) is 0. The maximum absolute atomic E-state index is 15.0. The molecule has 0 bridgehead atoms. The third kappa shape index (κ3) is 5.68. The maximum Gasteiger partial charge on any atom is 0.138 e. The van der Waals surface area contributed by atoms with Gasteiger partial charge in [-0.05, 0) is 74.2 Å². The molecule has 6 heteroatoms. The topological polar surface area (TPSA) is 57.7 Å². The average molecular weight is 500 g/mol. The first-order valence-electron chi connectivity index (χ1n) is 12.7. The largest absolute Gasteiger partial charge is 0.486 e. The summed E-state index contributed by atoms with van der Waals surface area (Å²) in [5.74, 6) is 7.07. The number of ether oxygens (including phenoxy) is 3. The van der Waals surface area contributed by atoms with Gasteiger partial charge in [0, 0.05) is 24.0 Å². The number of carbonyl (C=O) groups excluding carboxylic acids is 1. The van der Waals surface area contributed by atoms with Gasteiger partial charge in [0.25, 0.3) is 0 Å². The van der Waals surface area contributed by atoms with Crippen molar-refractivity contribution in [3.63, 3.8) is 0 Å². The smallest absolute Gasteiger partial charge is 0.138 e. The van der Waals surface area contributed by atoms with Crippen molar-refractivity contribution in [2.75, 3.05) is 13.2 Å². The highest BCUT2D eigenvalue weighted by Crippen LogP contribution is 2.41. The Morgan fingerprint density at radius 3 is 2.59 bits per heavy atom. The molecule has 2 aliphatic rings. The molecule has 1 saturated heterocycles. The third-order valence-corrected chi connectivity index (χ3v) is 6.86. The van der Waals surface area contributed by atoms with Crippen LogP contribution in [0.5, 0.6) is 11.5 Å². The predicted molar refractivity (Wildman–Crippen MR) is 139 cm³/mol. The summed E-state index contributed by atoms with van der Waals surface area (Å²) < 4.78 is 32.6. The second-order valence-corrected chi connectivity index (χ2v) is 9.54. The number of fused-ring (bicyclic) bond motifs is 1. The van der Waals surface area contributed by atoms with Crippen LogP contribution in [-0.4, -0.2) is 30.1 Å². The van der Waals surface area contributed by atoms with Gasteiger partial charge in [-0.15, -0.1) is 5.92 Å². The second kappa shape index (κ2) is 11.1. The van der Waals surface area contributed by atoms with Crippen molar-refractivity contribution in [1.82, 2.24) is 4.98 Å². The van der Waals surface area contributed by atoms with E-state index in [1.165, 1.54) is 6.07 Å². The number of benzene rings is 2. The molecule has 0 radical (unpaired) electrons. The standard InChI is InChI=1S/C31H30FNO4/c1-3-4-22(17-20(2)34)21-5-7-23(8-6-21)37-30-14-11-27-26(10-12-28(32)31(27)30)29-13-9-24(18-33-29)36-25-15-16-35-19-25/h5-10,12-13,18,22,25,30H,11,14-17,19H2,1-2H3/t22-,25?,30+/m0/s1. The number of carbonyl (C=O) groups is 1. The highest BCUT2D eigenvalue weighted by Gasteiger charge is 2.30. The quantitative estimate of drug-likeness (QED) is 0.345. The lowest BCUT2D eigenvalue weighted by molar-refractivity contribution is -0.117. The Kier molecular flexibility index (Phi) is 7.52. The normalized spacial score (nSPS) is 19.0. The van der Waals surface area contributed by atoms with Crippen LogP contribution in [0, 0.1) is 17.7 Å². The van der Waals surface area contributed by atoms with Gasteiger partial charge >= 0.3 is 0 Å². The van der Waals surface area contributed by atoms with Crippen LogP contribution in [0.1, 0.15) is 61.8 Å². The van der Waals surface area contributed by atoms with E-state index in [-0.39, 0.29) is 29.7 Å². The van der Waals surface area contributed by atoms with Crippen LogP contribution in [0.15, 0.2) is 54.7 Å². The molecule has 190 valence electrons. The van der Waals surface area contributed by atoms with Gasteiger partial charge in [0.2, 0.25) is 0 Å². The minimum absolute atomic E-state index is 0.0642. The molecule has 1 aliphatic heterocycles. The molecule has 0 amide bonds. The van der Waals surface area contributed by atoms with Gasteiger partial charge in [-0.2, -0.15) is 0 Å². The molecule has 1 aliphatic carbocycles. The first-order chi connectivity index (χ1) is 18.0. The van der Waals surface area contributed by atoms with Crippen LogP contribution >= 0.6 is 0 Å². The van der Waals surface area contributed by atoms with E-state index in [9.17, 15) is 4.79 Å². The van der Waals surface area contributed by atoms with Gasteiger partial charge in [-0.3, -0.25) is 9.78 Å².